The van der Waals surface area contributed by atoms with Crippen LogP contribution in [0.25, 0.3) is 10.9 Å². The van der Waals surface area contributed by atoms with E-state index in [1.807, 2.05) is 30.3 Å². The number of nitrogens with one attached hydrogen (secondary N) is 3. The second-order valence-electron chi connectivity index (χ2n) is 8.25. The smallest absolute Gasteiger partial charge is 0.325 e. The Kier molecular flexibility index (Phi) is 6.27. The van der Waals surface area contributed by atoms with Crippen molar-refractivity contribution in [3.05, 3.63) is 67.3 Å². The van der Waals surface area contributed by atoms with Crippen molar-refractivity contribution >= 4 is 40.0 Å². The van der Waals surface area contributed by atoms with Gasteiger partial charge in [0.2, 0.25) is 5.91 Å². The second-order valence-corrected chi connectivity index (χ2v) is 8.25. The topological polar surface area (TPSA) is 111 Å². The molecule has 1 fully saturated rings. The van der Waals surface area contributed by atoms with Crippen LogP contribution in [-0.2, 0) is 4.79 Å². The van der Waals surface area contributed by atoms with Crippen molar-refractivity contribution in [2.75, 3.05) is 48.8 Å². The molecule has 178 valence electrons. The molecule has 2 aromatic carbocycles. The summed E-state index contributed by atoms with van der Waals surface area (Å²) in [7, 11) is 2.11. The molecule has 10 heteroatoms. The molecule has 0 radical (unpaired) electrons. The van der Waals surface area contributed by atoms with Crippen molar-refractivity contribution in [1.82, 2.24) is 25.1 Å². The van der Waals surface area contributed by atoms with Crippen LogP contribution in [0.15, 0.2) is 67.3 Å². The highest BCUT2D eigenvalue weighted by Crippen LogP contribution is 2.28. The van der Waals surface area contributed by atoms with Gasteiger partial charge in [0.25, 0.3) is 0 Å². The Morgan fingerprint density at radius 3 is 2.63 bits per heavy atom. The zero-order chi connectivity index (χ0) is 24.2. The number of fused-ring (bicyclic) bond motifs is 1. The number of amides is 1. The maximum atomic E-state index is 11.5. The monoisotopic (exact) mass is 470 g/mol. The average Bonchev–Trinajstić information content (AvgIpc) is 3.28. The number of H-pyrrole nitrogens is 1. The minimum atomic E-state index is -0.275. The van der Waals surface area contributed by atoms with Gasteiger partial charge in [0.05, 0.1) is 5.52 Å². The fourth-order valence-electron chi connectivity index (χ4n) is 3.81. The Morgan fingerprint density at radius 2 is 1.86 bits per heavy atom. The van der Waals surface area contributed by atoms with Gasteiger partial charge in [-0.15, -0.1) is 0 Å². The number of aromatic nitrogens is 4. The Bertz CT molecular complexity index is 1340. The number of carbonyl (C=O) groups is 1. The molecule has 35 heavy (non-hydrogen) atoms. The highest BCUT2D eigenvalue weighted by atomic mass is 16.5. The highest BCUT2D eigenvalue weighted by Gasteiger charge is 2.19. The SMILES string of the molecule is C=CC(=O)Nc1ccc(Oc2nc(Nc3n[nH]c4ccccc34)cc(N3CCN(C)CC3)n2)cc1. The summed E-state index contributed by atoms with van der Waals surface area (Å²) in [4.78, 5) is 25.3. The molecule has 0 spiro atoms. The third-order valence-electron chi connectivity index (χ3n) is 5.75. The quantitative estimate of drug-likeness (QED) is 0.350. The molecule has 1 saturated heterocycles. The zero-order valence-corrected chi connectivity index (χ0v) is 19.4. The van der Waals surface area contributed by atoms with E-state index in [4.69, 9.17) is 4.74 Å². The lowest BCUT2D eigenvalue weighted by molar-refractivity contribution is -0.111. The molecule has 0 atom stereocenters. The van der Waals surface area contributed by atoms with Gasteiger partial charge in [0.15, 0.2) is 5.82 Å². The van der Waals surface area contributed by atoms with Gasteiger partial charge in [-0.2, -0.15) is 15.1 Å². The van der Waals surface area contributed by atoms with Crippen molar-refractivity contribution < 1.29 is 9.53 Å². The number of hydrogen-bond acceptors (Lipinski definition) is 8. The van der Waals surface area contributed by atoms with Crippen molar-refractivity contribution in [2.45, 2.75) is 0 Å². The first-order valence-electron chi connectivity index (χ1n) is 11.3. The molecular formula is C25H26N8O2. The number of hydrogen-bond donors (Lipinski definition) is 3. The highest BCUT2D eigenvalue weighted by molar-refractivity contribution is 5.98. The lowest BCUT2D eigenvalue weighted by atomic mass is 10.2. The summed E-state index contributed by atoms with van der Waals surface area (Å²) in [5.41, 5.74) is 1.57. The molecule has 2 aromatic heterocycles. The summed E-state index contributed by atoms with van der Waals surface area (Å²) >= 11 is 0. The fourth-order valence-corrected chi connectivity index (χ4v) is 3.81. The summed E-state index contributed by atoms with van der Waals surface area (Å²) in [6.45, 7) is 7.07. The molecule has 0 bridgehead atoms. The van der Waals surface area contributed by atoms with Crippen LogP contribution in [0.2, 0.25) is 0 Å². The third kappa shape index (κ3) is 5.22. The molecule has 0 unspecified atom stereocenters. The van der Waals surface area contributed by atoms with Crippen molar-refractivity contribution in [1.29, 1.82) is 0 Å². The van der Waals surface area contributed by atoms with Crippen LogP contribution in [0, 0.1) is 0 Å². The third-order valence-corrected chi connectivity index (χ3v) is 5.75. The number of piperazine rings is 1. The Hall–Kier alpha value is -4.44. The molecule has 3 N–H and O–H groups in total. The number of rotatable bonds is 7. The molecule has 0 aliphatic carbocycles. The van der Waals surface area contributed by atoms with Gasteiger partial charge in [-0.05, 0) is 49.5 Å². The summed E-state index contributed by atoms with van der Waals surface area (Å²) in [6, 6.07) is 17.0. The number of nitrogens with zero attached hydrogens (tertiary/aromatic N) is 5. The van der Waals surface area contributed by atoms with Gasteiger partial charge in [0, 0.05) is 43.3 Å². The van der Waals surface area contributed by atoms with E-state index in [1.54, 1.807) is 24.3 Å². The Morgan fingerprint density at radius 1 is 1.09 bits per heavy atom. The summed E-state index contributed by atoms with van der Waals surface area (Å²) in [5.74, 6) is 2.31. The first-order chi connectivity index (χ1) is 17.1. The van der Waals surface area contributed by atoms with Crippen LogP contribution in [0.1, 0.15) is 0 Å². The number of anilines is 4. The Balaban J connectivity index is 1.42. The van der Waals surface area contributed by atoms with Gasteiger partial charge in [-0.25, -0.2) is 0 Å². The standard InChI is InChI=1S/C25H26N8O2/c1-3-23(34)26-17-8-10-18(11-9-17)35-25-28-21(16-22(29-25)33-14-12-32(2)13-15-33)27-24-19-6-4-5-7-20(19)30-31-24/h3-11,16H,1,12-15H2,2H3,(H,26,34)(H2,27,28,29,30,31). The predicted molar refractivity (Wildman–Crippen MR) is 136 cm³/mol. The lowest BCUT2D eigenvalue weighted by Gasteiger charge is -2.33. The van der Waals surface area contributed by atoms with Crippen LogP contribution in [0.4, 0.5) is 23.1 Å². The van der Waals surface area contributed by atoms with E-state index in [0.29, 0.717) is 23.1 Å². The molecule has 1 aliphatic heterocycles. The maximum absolute atomic E-state index is 11.5. The van der Waals surface area contributed by atoms with E-state index in [2.05, 4.69) is 54.2 Å². The molecule has 10 nitrogen and oxygen atoms in total. The van der Waals surface area contributed by atoms with E-state index in [-0.39, 0.29) is 11.9 Å². The first kappa shape index (κ1) is 22.4. The van der Waals surface area contributed by atoms with E-state index >= 15 is 0 Å². The maximum Gasteiger partial charge on any atom is 0.325 e. The van der Waals surface area contributed by atoms with E-state index in [0.717, 1.165) is 42.9 Å². The Labute approximate surface area is 202 Å². The normalized spacial score (nSPS) is 14.0. The average molecular weight is 471 g/mol. The molecule has 3 heterocycles. The summed E-state index contributed by atoms with van der Waals surface area (Å²) < 4.78 is 6.00. The number of ether oxygens (including phenoxy) is 1. The van der Waals surface area contributed by atoms with Crippen molar-refractivity contribution in [3.63, 3.8) is 0 Å². The molecule has 1 amide bonds. The summed E-state index contributed by atoms with van der Waals surface area (Å²) in [5, 5.41) is 14.4. The first-order valence-corrected chi connectivity index (χ1v) is 11.3. The zero-order valence-electron chi connectivity index (χ0n) is 19.4. The molecular weight excluding hydrogens is 444 g/mol. The molecule has 4 aromatic rings. The number of aromatic amines is 1. The van der Waals surface area contributed by atoms with Crippen LogP contribution < -0.4 is 20.3 Å². The van der Waals surface area contributed by atoms with Gasteiger partial charge < -0.3 is 25.2 Å². The van der Waals surface area contributed by atoms with E-state index in [9.17, 15) is 4.79 Å². The van der Waals surface area contributed by atoms with Crippen LogP contribution in [0.3, 0.4) is 0 Å². The molecule has 5 rings (SSSR count). The number of carbonyl (C=O) groups excluding carboxylic acids is 1. The second kappa shape index (κ2) is 9.82. The lowest BCUT2D eigenvalue weighted by Crippen LogP contribution is -2.44. The van der Waals surface area contributed by atoms with Crippen molar-refractivity contribution in [2.24, 2.45) is 0 Å². The molecule has 1 aliphatic rings. The van der Waals surface area contributed by atoms with Crippen LogP contribution in [-0.4, -0.2) is 64.2 Å². The number of para-hydroxylation sites is 1. The van der Waals surface area contributed by atoms with E-state index in [1.165, 1.54) is 6.08 Å². The predicted octanol–water partition coefficient (Wildman–Crippen LogP) is 3.77. The van der Waals surface area contributed by atoms with Crippen molar-refractivity contribution in [3.8, 4) is 11.8 Å². The van der Waals surface area contributed by atoms with Gasteiger partial charge in [-0.3, -0.25) is 9.89 Å². The number of benzene rings is 2. The van der Waals surface area contributed by atoms with Gasteiger partial charge in [0.1, 0.15) is 17.4 Å². The largest absolute Gasteiger partial charge is 0.424 e. The van der Waals surface area contributed by atoms with E-state index < -0.39 is 0 Å². The summed E-state index contributed by atoms with van der Waals surface area (Å²) in [6.07, 6.45) is 1.22. The van der Waals surface area contributed by atoms with Crippen LogP contribution >= 0.6 is 0 Å². The van der Waals surface area contributed by atoms with Gasteiger partial charge in [-0.1, -0.05) is 18.7 Å². The molecule has 0 saturated carbocycles. The minimum absolute atomic E-state index is 0.214. The minimum Gasteiger partial charge on any atom is -0.424 e. The fraction of sp³-hybridized carbons (Fsp3) is 0.200. The van der Waals surface area contributed by atoms with Gasteiger partial charge >= 0.3 is 6.01 Å². The van der Waals surface area contributed by atoms with Crippen LogP contribution in [0.5, 0.6) is 11.8 Å². The number of likely N-dealkylation sites (N-methyl/N-ethyl adjacent to an activating group) is 1.